The Labute approximate surface area is 110 Å². The molecule has 1 aromatic rings. The summed E-state index contributed by atoms with van der Waals surface area (Å²) in [7, 11) is 0. The number of ether oxygens (including phenoxy) is 1. The van der Waals surface area contributed by atoms with Gasteiger partial charge in [-0.2, -0.15) is 0 Å². The molecule has 0 aliphatic heterocycles. The van der Waals surface area contributed by atoms with E-state index in [2.05, 4.69) is 49.9 Å². The fourth-order valence-corrected chi connectivity index (χ4v) is 1.52. The molecule has 1 N–H and O–H groups in total. The van der Waals surface area contributed by atoms with Crippen molar-refractivity contribution in [3.8, 4) is 5.88 Å². The van der Waals surface area contributed by atoms with Crippen LogP contribution in [-0.2, 0) is 6.42 Å². The summed E-state index contributed by atoms with van der Waals surface area (Å²) in [5.41, 5.74) is 1.07. The van der Waals surface area contributed by atoms with E-state index in [9.17, 15) is 0 Å². The van der Waals surface area contributed by atoms with Gasteiger partial charge in [-0.1, -0.05) is 27.7 Å². The van der Waals surface area contributed by atoms with E-state index in [4.69, 9.17) is 4.74 Å². The lowest BCUT2D eigenvalue weighted by molar-refractivity contribution is 0.161. The molecule has 1 aromatic heterocycles. The lowest BCUT2D eigenvalue weighted by atomic mass is 10.1. The molecule has 0 aliphatic rings. The van der Waals surface area contributed by atoms with E-state index >= 15 is 0 Å². The minimum absolute atomic E-state index is 0.157. The lowest BCUT2D eigenvalue weighted by Gasteiger charge is -2.20. The second-order valence-corrected chi connectivity index (χ2v) is 4.85. The van der Waals surface area contributed by atoms with Gasteiger partial charge in [-0.15, -0.1) is 0 Å². The average molecular weight is 251 g/mol. The van der Waals surface area contributed by atoms with Crippen LogP contribution < -0.4 is 10.1 Å². The Kier molecular flexibility index (Phi) is 5.89. The molecular weight excluding hydrogens is 226 g/mol. The van der Waals surface area contributed by atoms with E-state index in [1.807, 2.05) is 0 Å². The fourth-order valence-electron chi connectivity index (χ4n) is 1.52. The maximum Gasteiger partial charge on any atom is 0.222 e. The molecule has 102 valence electrons. The van der Waals surface area contributed by atoms with Gasteiger partial charge in [-0.05, 0) is 25.7 Å². The number of nitrogens with zero attached hydrogens (tertiary/aromatic N) is 2. The number of aromatic nitrogens is 2. The van der Waals surface area contributed by atoms with Gasteiger partial charge in [-0.25, -0.2) is 9.97 Å². The molecule has 0 bridgehead atoms. The summed E-state index contributed by atoms with van der Waals surface area (Å²) >= 11 is 0. The molecule has 0 fully saturated rings. The zero-order chi connectivity index (χ0) is 13.5. The number of hydrogen-bond acceptors (Lipinski definition) is 4. The third-order valence-corrected chi connectivity index (χ3v) is 3.04. The highest BCUT2D eigenvalue weighted by molar-refractivity contribution is 5.48. The van der Waals surface area contributed by atoms with Crippen LogP contribution in [0, 0.1) is 5.92 Å². The highest BCUT2D eigenvalue weighted by Crippen LogP contribution is 2.24. The highest BCUT2D eigenvalue weighted by Gasteiger charge is 2.15. The summed E-state index contributed by atoms with van der Waals surface area (Å²) in [4.78, 5) is 8.56. The van der Waals surface area contributed by atoms with Crippen LogP contribution >= 0.6 is 0 Å². The maximum atomic E-state index is 5.93. The average Bonchev–Trinajstić information content (AvgIpc) is 2.36. The smallest absolute Gasteiger partial charge is 0.222 e. The summed E-state index contributed by atoms with van der Waals surface area (Å²) in [5.74, 6) is 2.09. The van der Waals surface area contributed by atoms with E-state index < -0.39 is 0 Å². The molecule has 0 aromatic carbocycles. The second-order valence-electron chi connectivity index (χ2n) is 4.85. The van der Waals surface area contributed by atoms with Crippen LogP contribution in [0.5, 0.6) is 5.88 Å². The van der Waals surface area contributed by atoms with E-state index in [1.165, 1.54) is 0 Å². The zero-order valence-electron chi connectivity index (χ0n) is 12.2. The first kappa shape index (κ1) is 14.7. The predicted octanol–water partition coefficient (Wildman–Crippen LogP) is 3.28. The molecule has 0 spiro atoms. The van der Waals surface area contributed by atoms with E-state index in [1.54, 1.807) is 6.33 Å². The molecule has 1 heterocycles. The molecule has 1 rings (SSSR count). The molecule has 1 unspecified atom stereocenters. The molecule has 4 heteroatoms. The monoisotopic (exact) mass is 251 g/mol. The minimum atomic E-state index is 0.157. The Balaban J connectivity index is 2.90. The van der Waals surface area contributed by atoms with Gasteiger partial charge in [0.1, 0.15) is 12.1 Å². The molecule has 0 saturated heterocycles. The van der Waals surface area contributed by atoms with Crippen molar-refractivity contribution in [1.82, 2.24) is 9.97 Å². The van der Waals surface area contributed by atoms with Gasteiger partial charge in [0.2, 0.25) is 5.88 Å². The van der Waals surface area contributed by atoms with Gasteiger partial charge in [0.25, 0.3) is 0 Å². The summed E-state index contributed by atoms with van der Waals surface area (Å²) < 4.78 is 5.93. The fraction of sp³-hybridized carbons (Fsp3) is 0.714. The summed E-state index contributed by atoms with van der Waals surface area (Å²) in [6.07, 6.45) is 3.67. The summed E-state index contributed by atoms with van der Waals surface area (Å²) in [5, 5.41) is 3.33. The topological polar surface area (TPSA) is 47.0 Å². The first-order valence-electron chi connectivity index (χ1n) is 6.84. The van der Waals surface area contributed by atoms with Gasteiger partial charge >= 0.3 is 0 Å². The van der Waals surface area contributed by atoms with Gasteiger partial charge in [-0.3, -0.25) is 0 Å². The van der Waals surface area contributed by atoms with Crippen molar-refractivity contribution in [2.24, 2.45) is 5.92 Å². The molecule has 0 amide bonds. The number of hydrogen-bond donors (Lipinski definition) is 1. The minimum Gasteiger partial charge on any atom is -0.474 e. The van der Waals surface area contributed by atoms with Crippen molar-refractivity contribution >= 4 is 5.82 Å². The van der Waals surface area contributed by atoms with Crippen molar-refractivity contribution in [2.45, 2.75) is 53.6 Å². The van der Waals surface area contributed by atoms with Gasteiger partial charge in [0.05, 0.1) is 11.7 Å². The largest absolute Gasteiger partial charge is 0.474 e. The van der Waals surface area contributed by atoms with Crippen molar-refractivity contribution < 1.29 is 4.74 Å². The van der Waals surface area contributed by atoms with Crippen LogP contribution in [0.2, 0.25) is 0 Å². The van der Waals surface area contributed by atoms with Gasteiger partial charge in [0, 0.05) is 6.54 Å². The number of nitrogens with one attached hydrogen (secondary N) is 1. The Morgan fingerprint density at radius 3 is 2.50 bits per heavy atom. The Bertz CT molecular complexity index is 366. The van der Waals surface area contributed by atoms with Crippen LogP contribution in [-0.4, -0.2) is 22.6 Å². The van der Waals surface area contributed by atoms with Crippen LogP contribution in [0.4, 0.5) is 5.82 Å². The maximum absolute atomic E-state index is 5.93. The third-order valence-electron chi connectivity index (χ3n) is 3.04. The molecule has 18 heavy (non-hydrogen) atoms. The molecule has 0 radical (unpaired) electrons. The first-order valence-corrected chi connectivity index (χ1v) is 6.84. The van der Waals surface area contributed by atoms with Crippen LogP contribution in [0.15, 0.2) is 6.33 Å². The van der Waals surface area contributed by atoms with Gasteiger partial charge < -0.3 is 10.1 Å². The summed E-state index contributed by atoms with van der Waals surface area (Å²) in [6, 6.07) is 0. The van der Waals surface area contributed by atoms with Crippen molar-refractivity contribution in [3.63, 3.8) is 0 Å². The molecule has 0 aliphatic carbocycles. The number of rotatable bonds is 7. The normalized spacial score (nSPS) is 12.6. The standard InChI is InChI=1S/C14H25N3O/c1-6-8-15-13-12(7-2)14(17-9-16-13)18-11(5)10(3)4/h9-11H,6-8H2,1-5H3,(H,15,16,17). The van der Waals surface area contributed by atoms with E-state index in [0.29, 0.717) is 11.8 Å². The molecule has 1 atom stereocenters. The molecule has 0 saturated carbocycles. The second kappa shape index (κ2) is 7.19. The third kappa shape index (κ3) is 3.86. The van der Waals surface area contributed by atoms with E-state index in [-0.39, 0.29) is 6.10 Å². The van der Waals surface area contributed by atoms with E-state index in [0.717, 1.165) is 30.8 Å². The summed E-state index contributed by atoms with van der Waals surface area (Å²) in [6.45, 7) is 11.5. The predicted molar refractivity (Wildman–Crippen MR) is 75.1 cm³/mol. The van der Waals surface area contributed by atoms with Crippen LogP contribution in [0.3, 0.4) is 0 Å². The number of anilines is 1. The van der Waals surface area contributed by atoms with Gasteiger partial charge in [0.15, 0.2) is 0 Å². The first-order chi connectivity index (χ1) is 8.60. The van der Waals surface area contributed by atoms with Crippen molar-refractivity contribution in [3.05, 3.63) is 11.9 Å². The molecule has 4 nitrogen and oxygen atoms in total. The van der Waals surface area contributed by atoms with Crippen LogP contribution in [0.1, 0.15) is 46.6 Å². The van der Waals surface area contributed by atoms with Crippen molar-refractivity contribution in [1.29, 1.82) is 0 Å². The highest BCUT2D eigenvalue weighted by atomic mass is 16.5. The zero-order valence-corrected chi connectivity index (χ0v) is 12.2. The lowest BCUT2D eigenvalue weighted by Crippen LogP contribution is -2.20. The van der Waals surface area contributed by atoms with Crippen LogP contribution in [0.25, 0.3) is 0 Å². The SMILES string of the molecule is CCCNc1ncnc(OC(C)C(C)C)c1CC. The van der Waals surface area contributed by atoms with Crippen molar-refractivity contribution in [2.75, 3.05) is 11.9 Å². The Hall–Kier alpha value is -1.32. The molecular formula is C14H25N3O. The Morgan fingerprint density at radius 1 is 1.22 bits per heavy atom. The quantitative estimate of drug-likeness (QED) is 0.808. The Morgan fingerprint density at radius 2 is 1.94 bits per heavy atom.